The lowest BCUT2D eigenvalue weighted by molar-refractivity contribution is -0.138. The minimum atomic E-state index is -1.66. The second-order valence-corrected chi connectivity index (χ2v) is 5.73. The predicted octanol–water partition coefficient (Wildman–Crippen LogP) is 1.93. The van der Waals surface area contributed by atoms with Crippen LogP contribution in [0.15, 0.2) is 16.7 Å². The van der Waals surface area contributed by atoms with Gasteiger partial charge in [-0.1, -0.05) is 5.16 Å². The largest absolute Gasteiger partial charge is 0.340 e. The molecule has 0 atom stereocenters. The van der Waals surface area contributed by atoms with Crippen molar-refractivity contribution in [2.75, 3.05) is 5.32 Å². The summed E-state index contributed by atoms with van der Waals surface area (Å²) >= 11 is 0. The Morgan fingerprint density at radius 3 is 2.28 bits per heavy atom. The number of benzene rings is 1. The van der Waals surface area contributed by atoms with Crippen LogP contribution < -0.4 is 10.6 Å². The van der Waals surface area contributed by atoms with Crippen LogP contribution in [0.1, 0.15) is 31.0 Å². The van der Waals surface area contributed by atoms with Crippen LogP contribution in [0.25, 0.3) is 0 Å². The van der Waals surface area contributed by atoms with E-state index in [-0.39, 0.29) is 11.5 Å². The van der Waals surface area contributed by atoms with Gasteiger partial charge in [0.25, 0.3) is 0 Å². The number of hydrogen-bond acceptors (Lipinski definition) is 5. The van der Waals surface area contributed by atoms with Gasteiger partial charge in [0, 0.05) is 24.7 Å². The summed E-state index contributed by atoms with van der Waals surface area (Å²) in [7, 11) is 0. The number of amides is 2. The van der Waals surface area contributed by atoms with Crippen LogP contribution in [0.3, 0.4) is 0 Å². The maximum absolute atomic E-state index is 13.2. The van der Waals surface area contributed by atoms with Crippen molar-refractivity contribution in [2.24, 2.45) is 0 Å². The van der Waals surface area contributed by atoms with Crippen LogP contribution in [-0.4, -0.2) is 22.0 Å². The van der Waals surface area contributed by atoms with Gasteiger partial charge in [0.2, 0.25) is 5.89 Å². The molecule has 0 radical (unpaired) electrons. The van der Waals surface area contributed by atoms with E-state index in [1.54, 1.807) is 6.92 Å². The molecule has 2 N–H and O–H groups in total. The normalized spacial score (nSPS) is 15.4. The third-order valence-corrected chi connectivity index (χ3v) is 3.96. The van der Waals surface area contributed by atoms with Crippen LogP contribution >= 0.6 is 0 Å². The Kier molecular flexibility index (Phi) is 4.19. The number of halogens is 3. The zero-order chi connectivity index (χ0) is 18.2. The fourth-order valence-electron chi connectivity index (χ4n) is 2.52. The first-order valence-corrected chi connectivity index (χ1v) is 7.39. The van der Waals surface area contributed by atoms with Crippen LogP contribution in [0.4, 0.5) is 18.9 Å². The van der Waals surface area contributed by atoms with Crippen LogP contribution in [0, 0.1) is 24.4 Å². The second kappa shape index (κ2) is 6.19. The van der Waals surface area contributed by atoms with Gasteiger partial charge in [-0.2, -0.15) is 4.98 Å². The summed E-state index contributed by atoms with van der Waals surface area (Å²) in [5.74, 6) is -6.23. The Labute approximate surface area is 139 Å². The lowest BCUT2D eigenvalue weighted by atomic mass is 9.76. The van der Waals surface area contributed by atoms with E-state index >= 15 is 0 Å². The molecule has 3 rings (SSSR count). The van der Waals surface area contributed by atoms with E-state index in [2.05, 4.69) is 15.5 Å². The summed E-state index contributed by atoms with van der Waals surface area (Å²) in [6, 6.07) is 1.15. The molecule has 1 aromatic carbocycles. The van der Waals surface area contributed by atoms with Gasteiger partial charge in [-0.05, 0) is 19.3 Å². The van der Waals surface area contributed by atoms with Gasteiger partial charge in [0.15, 0.2) is 23.3 Å². The topological polar surface area (TPSA) is 97.1 Å². The molecule has 0 spiro atoms. The lowest BCUT2D eigenvalue weighted by Crippen LogP contribution is -2.54. The molecule has 1 aliphatic rings. The molecule has 132 valence electrons. The van der Waals surface area contributed by atoms with Gasteiger partial charge in [-0.25, -0.2) is 13.2 Å². The van der Waals surface area contributed by atoms with Crippen molar-refractivity contribution in [2.45, 2.75) is 31.7 Å². The Hall–Kier alpha value is -2.91. The summed E-state index contributed by atoms with van der Waals surface area (Å²) in [6.07, 6.45) is 1.83. The van der Waals surface area contributed by atoms with E-state index in [0.717, 1.165) is 6.42 Å². The standard InChI is InChI=1S/C15H13F3N4O3/c1-7-19-14(22-25-7)15(3-2-4-15)21-13(24)12(23)20-8-5-9(16)11(18)10(17)6-8/h5-6H,2-4H2,1H3,(H,20,23)(H,21,24). The molecule has 25 heavy (non-hydrogen) atoms. The van der Waals surface area contributed by atoms with E-state index in [1.807, 2.05) is 5.32 Å². The van der Waals surface area contributed by atoms with E-state index in [0.29, 0.717) is 30.9 Å². The van der Waals surface area contributed by atoms with Crippen molar-refractivity contribution < 1.29 is 27.3 Å². The summed E-state index contributed by atoms with van der Waals surface area (Å²) in [6.45, 7) is 1.59. The first-order valence-electron chi connectivity index (χ1n) is 7.39. The summed E-state index contributed by atoms with van der Waals surface area (Å²) in [4.78, 5) is 28.1. The molecule has 0 unspecified atom stereocenters. The minimum absolute atomic E-state index is 0.260. The van der Waals surface area contributed by atoms with E-state index in [4.69, 9.17) is 4.52 Å². The Morgan fingerprint density at radius 2 is 1.80 bits per heavy atom. The van der Waals surface area contributed by atoms with Crippen molar-refractivity contribution in [3.8, 4) is 0 Å². The average Bonchev–Trinajstić information content (AvgIpc) is 2.94. The third-order valence-electron chi connectivity index (χ3n) is 3.96. The molecule has 0 saturated heterocycles. The molecule has 10 heteroatoms. The quantitative estimate of drug-likeness (QED) is 0.648. The zero-order valence-electron chi connectivity index (χ0n) is 13.0. The second-order valence-electron chi connectivity index (χ2n) is 5.73. The van der Waals surface area contributed by atoms with Gasteiger partial charge in [0.05, 0.1) is 0 Å². The van der Waals surface area contributed by atoms with Crippen LogP contribution in [-0.2, 0) is 15.1 Å². The molecule has 1 aromatic heterocycles. The zero-order valence-corrected chi connectivity index (χ0v) is 13.0. The Bertz CT molecular complexity index is 825. The molecule has 1 aliphatic carbocycles. The molecule has 1 heterocycles. The first kappa shape index (κ1) is 16.9. The molecular weight excluding hydrogens is 341 g/mol. The summed E-state index contributed by atoms with van der Waals surface area (Å²) in [5.41, 5.74) is -1.29. The van der Waals surface area contributed by atoms with E-state index < -0.39 is 34.8 Å². The highest BCUT2D eigenvalue weighted by molar-refractivity contribution is 6.39. The fraction of sp³-hybridized carbons (Fsp3) is 0.333. The number of carbonyl (C=O) groups is 2. The van der Waals surface area contributed by atoms with Gasteiger partial charge in [-0.3, -0.25) is 9.59 Å². The molecular formula is C15H13F3N4O3. The number of hydrogen-bond donors (Lipinski definition) is 2. The molecule has 7 nitrogen and oxygen atoms in total. The van der Waals surface area contributed by atoms with Crippen molar-refractivity contribution >= 4 is 17.5 Å². The molecule has 2 aromatic rings. The maximum Gasteiger partial charge on any atom is 0.313 e. The van der Waals surface area contributed by atoms with Crippen LogP contribution in [0.2, 0.25) is 0 Å². The number of aromatic nitrogens is 2. The highest BCUT2D eigenvalue weighted by atomic mass is 19.2. The van der Waals surface area contributed by atoms with Gasteiger partial charge >= 0.3 is 11.8 Å². The maximum atomic E-state index is 13.2. The third kappa shape index (κ3) is 3.19. The van der Waals surface area contributed by atoms with E-state index in [1.165, 1.54) is 0 Å². The number of anilines is 1. The van der Waals surface area contributed by atoms with Crippen molar-refractivity contribution in [1.29, 1.82) is 0 Å². The SMILES string of the molecule is Cc1nc(C2(NC(=O)C(=O)Nc3cc(F)c(F)c(F)c3)CCC2)no1. The summed E-state index contributed by atoms with van der Waals surface area (Å²) < 4.78 is 44.1. The molecule has 0 aliphatic heterocycles. The molecule has 0 bridgehead atoms. The lowest BCUT2D eigenvalue weighted by Gasteiger charge is -2.39. The fourth-order valence-corrected chi connectivity index (χ4v) is 2.52. The Balaban J connectivity index is 1.71. The van der Waals surface area contributed by atoms with E-state index in [9.17, 15) is 22.8 Å². The van der Waals surface area contributed by atoms with Gasteiger partial charge in [0.1, 0.15) is 5.54 Å². The predicted molar refractivity (Wildman–Crippen MR) is 77.7 cm³/mol. The van der Waals surface area contributed by atoms with Crippen molar-refractivity contribution in [3.63, 3.8) is 0 Å². The monoisotopic (exact) mass is 354 g/mol. The highest BCUT2D eigenvalue weighted by Crippen LogP contribution is 2.39. The van der Waals surface area contributed by atoms with Gasteiger partial charge in [-0.15, -0.1) is 0 Å². The number of carbonyl (C=O) groups excluding carboxylic acids is 2. The Morgan fingerprint density at radius 1 is 1.16 bits per heavy atom. The number of nitrogens with one attached hydrogen (secondary N) is 2. The van der Waals surface area contributed by atoms with Gasteiger partial charge < -0.3 is 15.2 Å². The molecule has 1 saturated carbocycles. The average molecular weight is 354 g/mol. The summed E-state index contributed by atoms with van der Waals surface area (Å²) in [5, 5.41) is 8.30. The van der Waals surface area contributed by atoms with Crippen molar-refractivity contribution in [1.82, 2.24) is 15.5 Å². The number of rotatable bonds is 3. The highest BCUT2D eigenvalue weighted by Gasteiger charge is 2.45. The smallest absolute Gasteiger partial charge is 0.313 e. The first-order chi connectivity index (χ1) is 11.8. The number of aryl methyl sites for hydroxylation is 1. The minimum Gasteiger partial charge on any atom is -0.340 e. The van der Waals surface area contributed by atoms with Crippen molar-refractivity contribution in [3.05, 3.63) is 41.3 Å². The number of nitrogens with zero attached hydrogens (tertiary/aromatic N) is 2. The van der Waals surface area contributed by atoms with Crippen LogP contribution in [0.5, 0.6) is 0 Å². The molecule has 1 fully saturated rings. The molecule has 2 amide bonds.